The van der Waals surface area contributed by atoms with E-state index >= 15 is 0 Å². The predicted octanol–water partition coefficient (Wildman–Crippen LogP) is 2.65. The maximum Gasteiger partial charge on any atom is 0.132 e. The third kappa shape index (κ3) is 3.47. The number of likely N-dealkylation sites (N-methyl/N-ethyl adjacent to an activating group) is 1. The van der Waals surface area contributed by atoms with Gasteiger partial charge in [0.1, 0.15) is 5.15 Å². The largest absolute Gasteiger partial charge is 0.369 e. The van der Waals surface area contributed by atoms with Gasteiger partial charge in [-0.2, -0.15) is 0 Å². The number of anilines is 1. The molecule has 0 radical (unpaired) electrons. The maximum absolute atomic E-state index is 5.93. The van der Waals surface area contributed by atoms with E-state index in [0.29, 0.717) is 11.2 Å². The van der Waals surface area contributed by atoms with E-state index in [2.05, 4.69) is 21.3 Å². The van der Waals surface area contributed by atoms with Crippen molar-refractivity contribution in [3.05, 3.63) is 23.0 Å². The lowest BCUT2D eigenvalue weighted by atomic mass is 10.1. The van der Waals surface area contributed by atoms with Crippen LogP contribution in [-0.4, -0.2) is 31.2 Å². The predicted molar refractivity (Wildman–Crippen MR) is 75.5 cm³/mol. The molecule has 0 unspecified atom stereocenters. The van der Waals surface area contributed by atoms with E-state index in [4.69, 9.17) is 11.6 Å². The van der Waals surface area contributed by atoms with Crippen LogP contribution < -0.4 is 10.2 Å². The molecule has 1 aliphatic rings. The fraction of sp³-hybridized carbons (Fsp3) is 0.583. The van der Waals surface area contributed by atoms with Gasteiger partial charge in [0.15, 0.2) is 0 Å². The SMILES string of the molecule is CN[C@H]1CCCN(c2cnc(Cl)c(C)c2)C1.Cl. The van der Waals surface area contributed by atoms with Crippen LogP contribution in [0.5, 0.6) is 0 Å². The van der Waals surface area contributed by atoms with Crippen molar-refractivity contribution in [3.8, 4) is 0 Å². The summed E-state index contributed by atoms with van der Waals surface area (Å²) in [7, 11) is 2.03. The summed E-state index contributed by atoms with van der Waals surface area (Å²) < 4.78 is 0. The third-order valence-electron chi connectivity index (χ3n) is 3.19. The molecule has 0 spiro atoms. The smallest absolute Gasteiger partial charge is 0.132 e. The Morgan fingerprint density at radius 3 is 2.94 bits per heavy atom. The summed E-state index contributed by atoms with van der Waals surface area (Å²) in [5.41, 5.74) is 2.23. The monoisotopic (exact) mass is 275 g/mol. The summed E-state index contributed by atoms with van der Waals surface area (Å²) in [6.45, 7) is 4.17. The van der Waals surface area contributed by atoms with Crippen LogP contribution in [0, 0.1) is 6.92 Å². The van der Waals surface area contributed by atoms with Crippen molar-refractivity contribution in [3.63, 3.8) is 0 Å². The van der Waals surface area contributed by atoms with Gasteiger partial charge in [0.2, 0.25) is 0 Å². The van der Waals surface area contributed by atoms with Crippen LogP contribution >= 0.6 is 24.0 Å². The Hall–Kier alpha value is -0.510. The van der Waals surface area contributed by atoms with Gasteiger partial charge in [-0.3, -0.25) is 0 Å². The number of halogens is 2. The number of pyridine rings is 1. The van der Waals surface area contributed by atoms with Crippen LogP contribution in [0.15, 0.2) is 12.3 Å². The van der Waals surface area contributed by atoms with Crippen LogP contribution in [0.4, 0.5) is 5.69 Å². The summed E-state index contributed by atoms with van der Waals surface area (Å²) in [6, 6.07) is 2.71. The number of nitrogens with one attached hydrogen (secondary N) is 1. The molecule has 0 saturated carbocycles. The number of hydrogen-bond acceptors (Lipinski definition) is 3. The van der Waals surface area contributed by atoms with Gasteiger partial charge in [0.25, 0.3) is 0 Å². The molecule has 0 amide bonds. The highest BCUT2D eigenvalue weighted by atomic mass is 35.5. The van der Waals surface area contributed by atoms with Gasteiger partial charge in [0.05, 0.1) is 11.9 Å². The molecule has 0 aromatic carbocycles. The molecule has 1 saturated heterocycles. The number of aromatic nitrogens is 1. The standard InChI is InChI=1S/C12H18ClN3.ClH/c1-9-6-11(7-15-12(9)13)16-5-3-4-10(8-16)14-2;/h6-7,10,14H,3-5,8H2,1-2H3;1H/t10-;/m0./s1. The van der Waals surface area contributed by atoms with Crippen LogP contribution in [0.2, 0.25) is 5.15 Å². The zero-order valence-electron chi connectivity index (χ0n) is 10.2. The first-order valence-corrected chi connectivity index (χ1v) is 6.13. The molecule has 3 nitrogen and oxygen atoms in total. The molecule has 1 aliphatic heterocycles. The number of aryl methyl sites for hydroxylation is 1. The molecule has 2 rings (SSSR count). The molecule has 1 N–H and O–H groups in total. The minimum atomic E-state index is 0. The van der Waals surface area contributed by atoms with Gasteiger partial charge in [0, 0.05) is 19.1 Å². The van der Waals surface area contributed by atoms with E-state index in [1.165, 1.54) is 18.5 Å². The Balaban J connectivity index is 0.00000144. The fourth-order valence-corrected chi connectivity index (χ4v) is 2.27. The lowest BCUT2D eigenvalue weighted by molar-refractivity contribution is 0.449. The Bertz CT molecular complexity index is 371. The van der Waals surface area contributed by atoms with E-state index in [1.54, 1.807) is 0 Å². The zero-order chi connectivity index (χ0) is 11.5. The van der Waals surface area contributed by atoms with Crippen molar-refractivity contribution in [2.24, 2.45) is 0 Å². The highest BCUT2D eigenvalue weighted by Gasteiger charge is 2.19. The number of nitrogens with zero attached hydrogens (tertiary/aromatic N) is 2. The average Bonchev–Trinajstić information content (AvgIpc) is 2.33. The van der Waals surface area contributed by atoms with E-state index in [0.717, 1.165) is 18.7 Å². The maximum atomic E-state index is 5.93. The topological polar surface area (TPSA) is 28.2 Å². The lowest BCUT2D eigenvalue weighted by Crippen LogP contribution is -2.44. The molecule has 5 heteroatoms. The van der Waals surface area contributed by atoms with E-state index in [1.807, 2.05) is 20.2 Å². The second-order valence-electron chi connectivity index (χ2n) is 4.38. The molecule has 1 fully saturated rings. The molecule has 1 aromatic heterocycles. The molecule has 0 bridgehead atoms. The first kappa shape index (κ1) is 14.6. The van der Waals surface area contributed by atoms with Crippen molar-refractivity contribution < 1.29 is 0 Å². The second-order valence-corrected chi connectivity index (χ2v) is 4.73. The van der Waals surface area contributed by atoms with Gasteiger partial charge in [-0.15, -0.1) is 12.4 Å². The Labute approximate surface area is 114 Å². The van der Waals surface area contributed by atoms with Crippen LogP contribution in [0.25, 0.3) is 0 Å². The van der Waals surface area contributed by atoms with Crippen molar-refractivity contribution in [2.45, 2.75) is 25.8 Å². The normalized spacial score (nSPS) is 19.9. The van der Waals surface area contributed by atoms with Crippen molar-refractivity contribution >= 4 is 29.7 Å². The van der Waals surface area contributed by atoms with E-state index in [-0.39, 0.29) is 12.4 Å². The summed E-state index contributed by atoms with van der Waals surface area (Å²) in [6.07, 6.45) is 4.35. The number of piperidine rings is 1. The average molecular weight is 276 g/mol. The van der Waals surface area contributed by atoms with Gasteiger partial charge in [-0.05, 0) is 38.4 Å². The summed E-state index contributed by atoms with van der Waals surface area (Å²) in [5.74, 6) is 0. The highest BCUT2D eigenvalue weighted by molar-refractivity contribution is 6.30. The van der Waals surface area contributed by atoms with Gasteiger partial charge in [-0.1, -0.05) is 11.6 Å². The summed E-state index contributed by atoms with van der Waals surface area (Å²) >= 11 is 5.93. The zero-order valence-corrected chi connectivity index (χ0v) is 11.8. The van der Waals surface area contributed by atoms with Crippen molar-refractivity contribution in [1.82, 2.24) is 10.3 Å². The van der Waals surface area contributed by atoms with Gasteiger partial charge < -0.3 is 10.2 Å². The summed E-state index contributed by atoms with van der Waals surface area (Å²) in [4.78, 5) is 6.58. The van der Waals surface area contributed by atoms with Gasteiger partial charge >= 0.3 is 0 Å². The van der Waals surface area contributed by atoms with E-state index < -0.39 is 0 Å². The number of rotatable bonds is 2. The quantitative estimate of drug-likeness (QED) is 0.842. The minimum Gasteiger partial charge on any atom is -0.369 e. The first-order valence-electron chi connectivity index (χ1n) is 5.75. The first-order chi connectivity index (χ1) is 7.70. The Kier molecular flexibility index (Phi) is 5.50. The number of hydrogen-bond donors (Lipinski definition) is 1. The molecule has 17 heavy (non-hydrogen) atoms. The summed E-state index contributed by atoms with van der Waals surface area (Å²) in [5, 5.41) is 3.94. The Morgan fingerprint density at radius 1 is 1.53 bits per heavy atom. The van der Waals surface area contributed by atoms with Crippen molar-refractivity contribution in [1.29, 1.82) is 0 Å². The lowest BCUT2D eigenvalue weighted by Gasteiger charge is -2.34. The third-order valence-corrected chi connectivity index (χ3v) is 3.59. The molecule has 0 aliphatic carbocycles. The van der Waals surface area contributed by atoms with Crippen LogP contribution in [-0.2, 0) is 0 Å². The molecule has 2 heterocycles. The van der Waals surface area contributed by atoms with Gasteiger partial charge in [-0.25, -0.2) is 4.98 Å². The molecular formula is C12H19Cl2N3. The molecule has 1 aromatic rings. The minimum absolute atomic E-state index is 0. The fourth-order valence-electron chi connectivity index (χ4n) is 2.16. The molecular weight excluding hydrogens is 257 g/mol. The highest BCUT2D eigenvalue weighted by Crippen LogP contribution is 2.22. The van der Waals surface area contributed by atoms with Crippen LogP contribution in [0.3, 0.4) is 0 Å². The molecule has 96 valence electrons. The molecule has 1 atom stereocenters. The van der Waals surface area contributed by atoms with Crippen LogP contribution in [0.1, 0.15) is 18.4 Å². The second kappa shape index (κ2) is 6.43. The Morgan fingerprint density at radius 2 is 2.29 bits per heavy atom. The van der Waals surface area contributed by atoms with E-state index in [9.17, 15) is 0 Å². The van der Waals surface area contributed by atoms with Crippen molar-refractivity contribution in [2.75, 3.05) is 25.0 Å².